The lowest BCUT2D eigenvalue weighted by molar-refractivity contribution is 0.0689. The van der Waals surface area contributed by atoms with E-state index in [1.54, 1.807) is 11.3 Å². The van der Waals surface area contributed by atoms with Crippen molar-refractivity contribution in [3.63, 3.8) is 0 Å². The molecule has 11 rings (SSSR count). The summed E-state index contributed by atoms with van der Waals surface area (Å²) in [6.45, 7) is 9.31. The molecule has 0 saturated heterocycles. The van der Waals surface area contributed by atoms with E-state index >= 15 is 0 Å². The van der Waals surface area contributed by atoms with Crippen molar-refractivity contribution in [3.8, 4) is 44.1 Å². The van der Waals surface area contributed by atoms with Gasteiger partial charge in [0, 0.05) is 43.2 Å². The predicted molar refractivity (Wildman–Crippen MR) is 297 cm³/mol. The third kappa shape index (κ3) is 8.04. The first-order chi connectivity index (χ1) is 35.3. The van der Waals surface area contributed by atoms with Crippen LogP contribution < -0.4 is 10.1 Å². The van der Waals surface area contributed by atoms with Crippen LogP contribution in [0.1, 0.15) is 142 Å². The Morgan fingerprint density at radius 1 is 0.556 bits per heavy atom. The van der Waals surface area contributed by atoms with Gasteiger partial charge in [0.25, 0.3) is 0 Å². The van der Waals surface area contributed by atoms with Crippen LogP contribution in [0.25, 0.3) is 55.8 Å². The number of fused-ring (bicyclic) bond motifs is 7. The summed E-state index contributed by atoms with van der Waals surface area (Å²) in [5.74, 6) is -0.605. The van der Waals surface area contributed by atoms with E-state index in [9.17, 15) is 9.90 Å². The zero-order chi connectivity index (χ0) is 49.4. The smallest absolute Gasteiger partial charge is 0.357 e. The van der Waals surface area contributed by atoms with Gasteiger partial charge in [-0.25, -0.2) is 4.79 Å². The van der Waals surface area contributed by atoms with Gasteiger partial charge in [-0.1, -0.05) is 182 Å². The third-order valence-electron chi connectivity index (χ3n) is 15.7. The molecular weight excluding hydrogens is 903 g/mol. The van der Waals surface area contributed by atoms with Crippen molar-refractivity contribution in [1.29, 1.82) is 0 Å². The zero-order valence-corrected chi connectivity index (χ0v) is 42.8. The number of aromatic nitrogens is 4. The average Bonchev–Trinajstić information content (AvgIpc) is 4.25. The Morgan fingerprint density at radius 3 is 1.58 bits per heavy atom. The summed E-state index contributed by atoms with van der Waals surface area (Å²) in [7, 11) is 0. The zero-order valence-electron chi connectivity index (χ0n) is 42.0. The normalized spacial score (nSPS) is 14.1. The van der Waals surface area contributed by atoms with Crippen LogP contribution in [0.3, 0.4) is 0 Å². The summed E-state index contributed by atoms with van der Waals surface area (Å²) in [6, 6.07) is 55.9. The quantitative estimate of drug-likeness (QED) is 0.0869. The number of thiophene rings is 1. The van der Waals surface area contributed by atoms with Crippen molar-refractivity contribution in [2.24, 2.45) is 0 Å². The number of carboxylic acid groups (broad SMARTS) is 1. The van der Waals surface area contributed by atoms with Crippen molar-refractivity contribution in [1.82, 2.24) is 19.8 Å². The molecular formula is C64H63N5O2S. The summed E-state index contributed by atoms with van der Waals surface area (Å²) >= 11 is 1.62. The van der Waals surface area contributed by atoms with Gasteiger partial charge < -0.3 is 10.0 Å². The number of anilines is 3. The molecule has 0 aliphatic heterocycles. The SMILES string of the molecule is CCCCC1(CCCC)c2ccccc2-c2ccc(N(c3ccc(-c4ccc(C=c5c(C(=O)O)nn6c(-c7ccccc7)nnc56)s4)cc3)c3ccc4c(c3)C(CCCC)(CCCC)c3ccccc3-4)cc21. The number of hydrogen-bond donors (Lipinski definition) is 1. The van der Waals surface area contributed by atoms with Crippen LogP contribution in [0.4, 0.5) is 17.1 Å². The van der Waals surface area contributed by atoms with E-state index in [2.05, 4.69) is 163 Å². The van der Waals surface area contributed by atoms with Crippen LogP contribution in [-0.2, 0) is 10.8 Å². The molecule has 1 N–H and O–H groups in total. The fourth-order valence-electron chi connectivity index (χ4n) is 12.2. The molecule has 0 bridgehead atoms. The molecule has 0 radical (unpaired) electrons. The Kier molecular flexibility index (Phi) is 13.0. The lowest BCUT2D eigenvalue weighted by atomic mass is 9.70. The molecule has 0 unspecified atom stereocenters. The van der Waals surface area contributed by atoms with Crippen molar-refractivity contribution in [2.75, 3.05) is 4.90 Å². The number of carbonyl (C=O) groups is 1. The number of aromatic carboxylic acids is 1. The van der Waals surface area contributed by atoms with Gasteiger partial charge in [-0.3, -0.25) is 0 Å². The Hall–Kier alpha value is -7.16. The first-order valence-corrected chi connectivity index (χ1v) is 27.2. The highest BCUT2D eigenvalue weighted by Gasteiger charge is 2.44. The molecule has 72 heavy (non-hydrogen) atoms. The second-order valence-corrected chi connectivity index (χ2v) is 21.2. The van der Waals surface area contributed by atoms with Gasteiger partial charge >= 0.3 is 5.97 Å². The molecule has 9 aromatic rings. The third-order valence-corrected chi connectivity index (χ3v) is 16.8. The van der Waals surface area contributed by atoms with Gasteiger partial charge in [0.15, 0.2) is 17.2 Å². The molecule has 6 aromatic carbocycles. The molecule has 3 aromatic heterocycles. The van der Waals surface area contributed by atoms with E-state index in [0.717, 1.165) is 77.9 Å². The Bertz CT molecular complexity index is 3350. The topological polar surface area (TPSA) is 83.6 Å². The lowest BCUT2D eigenvalue weighted by Gasteiger charge is -2.35. The van der Waals surface area contributed by atoms with Gasteiger partial charge in [-0.05, 0) is 130 Å². The Morgan fingerprint density at radius 2 is 1.06 bits per heavy atom. The molecule has 2 aliphatic carbocycles. The van der Waals surface area contributed by atoms with E-state index in [4.69, 9.17) is 0 Å². The number of rotatable bonds is 19. The van der Waals surface area contributed by atoms with Crippen LogP contribution >= 0.6 is 11.3 Å². The van der Waals surface area contributed by atoms with Crippen molar-refractivity contribution in [2.45, 2.75) is 116 Å². The minimum Gasteiger partial charge on any atom is -0.476 e. The number of nitrogens with zero attached hydrogens (tertiary/aromatic N) is 5. The first-order valence-electron chi connectivity index (χ1n) is 26.4. The molecule has 0 fully saturated rings. The van der Waals surface area contributed by atoms with Crippen LogP contribution in [0.5, 0.6) is 0 Å². The maximum Gasteiger partial charge on any atom is 0.357 e. The van der Waals surface area contributed by atoms with Gasteiger partial charge in [-0.2, -0.15) is 9.61 Å². The highest BCUT2D eigenvalue weighted by molar-refractivity contribution is 7.16. The molecule has 0 atom stereocenters. The minimum atomic E-state index is -1.11. The number of hydrogen-bond acceptors (Lipinski definition) is 6. The van der Waals surface area contributed by atoms with Gasteiger partial charge in [0.1, 0.15) is 0 Å². The maximum atomic E-state index is 12.5. The largest absolute Gasteiger partial charge is 0.476 e. The van der Waals surface area contributed by atoms with Crippen molar-refractivity contribution < 1.29 is 9.90 Å². The summed E-state index contributed by atoms with van der Waals surface area (Å²) in [5.41, 5.74) is 17.1. The first kappa shape index (κ1) is 47.2. The highest BCUT2D eigenvalue weighted by Crippen LogP contribution is 2.58. The second kappa shape index (κ2) is 19.8. The van der Waals surface area contributed by atoms with Crippen LogP contribution in [0.15, 0.2) is 152 Å². The molecule has 362 valence electrons. The summed E-state index contributed by atoms with van der Waals surface area (Å²) in [4.78, 5) is 17.0. The standard InChI is InChI=1S/C64H63N5O2S/c1-5-9-36-63(37-10-6-2)54-24-18-16-22-49(54)51-33-30-46(40-56(51)63)68(47-31-34-52-50-23-17-19-25-55(50)64(38-11-7-3,39-12-8-4)57(52)41-47)45-28-26-43(27-29-45)58-35-32-48(72-58)42-53-59(62(70)71)67-69-60(65-66-61(53)69)44-20-14-13-15-21-44/h13-35,40-42H,5-12,36-39H2,1-4H3,(H,70,71). The van der Waals surface area contributed by atoms with E-state index in [0.29, 0.717) is 16.7 Å². The molecule has 0 saturated carbocycles. The van der Waals surface area contributed by atoms with E-state index < -0.39 is 5.97 Å². The summed E-state index contributed by atoms with van der Waals surface area (Å²) in [5, 5.41) is 24.0. The Labute approximate surface area is 427 Å². The molecule has 3 heterocycles. The van der Waals surface area contributed by atoms with Crippen LogP contribution in [0.2, 0.25) is 0 Å². The van der Waals surface area contributed by atoms with Crippen molar-refractivity contribution in [3.05, 3.63) is 190 Å². The van der Waals surface area contributed by atoms with Gasteiger partial charge in [0.05, 0.1) is 5.22 Å². The molecule has 0 amide bonds. The lowest BCUT2D eigenvalue weighted by Crippen LogP contribution is -2.26. The van der Waals surface area contributed by atoms with Gasteiger partial charge in [-0.15, -0.1) is 21.5 Å². The number of carboxylic acids is 1. The summed E-state index contributed by atoms with van der Waals surface area (Å²) < 4.78 is 1.54. The Balaban J connectivity index is 1.03. The highest BCUT2D eigenvalue weighted by atomic mass is 32.1. The average molecular weight is 966 g/mol. The predicted octanol–water partition coefficient (Wildman–Crippen LogP) is 16.5. The second-order valence-electron chi connectivity index (χ2n) is 20.1. The van der Waals surface area contributed by atoms with Crippen LogP contribution in [0, 0.1) is 0 Å². The molecule has 2 aliphatic rings. The van der Waals surface area contributed by atoms with Crippen molar-refractivity contribution >= 4 is 46.1 Å². The van der Waals surface area contributed by atoms with E-state index in [-0.39, 0.29) is 16.5 Å². The number of benzene rings is 6. The molecule has 7 nitrogen and oxygen atoms in total. The fraction of sp³-hybridized carbons (Fsp3) is 0.281. The van der Waals surface area contributed by atoms with E-state index in [1.165, 1.54) is 86.1 Å². The maximum absolute atomic E-state index is 12.5. The fourth-order valence-corrected chi connectivity index (χ4v) is 13.2. The monoisotopic (exact) mass is 965 g/mol. The van der Waals surface area contributed by atoms with Crippen LogP contribution in [-0.4, -0.2) is 30.9 Å². The van der Waals surface area contributed by atoms with Gasteiger partial charge in [0.2, 0.25) is 0 Å². The molecule has 0 spiro atoms. The summed E-state index contributed by atoms with van der Waals surface area (Å²) in [6.07, 6.45) is 15.8. The number of unbranched alkanes of at least 4 members (excludes halogenated alkanes) is 4. The van der Waals surface area contributed by atoms with E-state index in [1.807, 2.05) is 42.5 Å². The molecule has 8 heteroatoms. The minimum absolute atomic E-state index is 0.0415.